The van der Waals surface area contributed by atoms with Crippen LogP contribution >= 0.6 is 0 Å². The molecule has 1 atom stereocenters. The van der Waals surface area contributed by atoms with E-state index >= 15 is 0 Å². The van der Waals surface area contributed by atoms with Crippen molar-refractivity contribution in [2.24, 2.45) is 5.92 Å². The highest BCUT2D eigenvalue weighted by Gasteiger charge is 2.08. The van der Waals surface area contributed by atoms with Crippen LogP contribution in [-0.2, 0) is 0 Å². The first-order chi connectivity index (χ1) is 9.85. The van der Waals surface area contributed by atoms with Crippen molar-refractivity contribution in [1.29, 1.82) is 0 Å². The van der Waals surface area contributed by atoms with Gasteiger partial charge in [0.15, 0.2) is 0 Å². The lowest BCUT2D eigenvalue weighted by Crippen LogP contribution is -2.02. The van der Waals surface area contributed by atoms with E-state index in [4.69, 9.17) is 10.2 Å². The summed E-state index contributed by atoms with van der Waals surface area (Å²) in [4.78, 5) is 0. The molecule has 1 unspecified atom stereocenters. The zero-order valence-electron chi connectivity index (χ0n) is 13.8. The van der Waals surface area contributed by atoms with E-state index in [9.17, 15) is 0 Å². The molecule has 0 aromatic rings. The van der Waals surface area contributed by atoms with E-state index in [1.807, 2.05) is 0 Å². The summed E-state index contributed by atoms with van der Waals surface area (Å²) in [5.74, 6) is 0.885. The summed E-state index contributed by atoms with van der Waals surface area (Å²) in [6.45, 7) is 2.97. The van der Waals surface area contributed by atoms with Gasteiger partial charge >= 0.3 is 0 Å². The molecule has 0 aliphatic rings. The standard InChI is InChI=1S/C18H38O2/c1-2-3-4-8-13-18(15-10-12-17-20)14-9-6-5-7-11-16-19/h18-20H,2-17H2,1H3. The lowest BCUT2D eigenvalue weighted by Gasteiger charge is -2.16. The minimum absolute atomic E-state index is 0.348. The SMILES string of the molecule is CCCCCCC(CCCCO)CCCCCCCO. The van der Waals surface area contributed by atoms with E-state index in [2.05, 4.69) is 6.92 Å². The molecule has 2 nitrogen and oxygen atoms in total. The van der Waals surface area contributed by atoms with E-state index < -0.39 is 0 Å². The van der Waals surface area contributed by atoms with Crippen molar-refractivity contribution in [3.8, 4) is 0 Å². The smallest absolute Gasteiger partial charge is 0.0431 e. The Morgan fingerprint density at radius 1 is 0.550 bits per heavy atom. The summed E-state index contributed by atoms with van der Waals surface area (Å²) in [5.41, 5.74) is 0. The molecule has 0 rings (SSSR count). The number of hydrogen-bond donors (Lipinski definition) is 2. The predicted octanol–water partition coefficient (Wildman–Crippen LogP) is 5.07. The molecule has 0 bridgehead atoms. The molecule has 0 spiro atoms. The topological polar surface area (TPSA) is 40.5 Å². The Bertz CT molecular complexity index is 171. The van der Waals surface area contributed by atoms with Gasteiger partial charge in [-0.05, 0) is 18.8 Å². The summed E-state index contributed by atoms with van der Waals surface area (Å²) in [6.07, 6.45) is 17.8. The molecule has 0 saturated heterocycles. The average molecular weight is 286 g/mol. The van der Waals surface area contributed by atoms with Crippen LogP contribution < -0.4 is 0 Å². The summed E-state index contributed by atoms with van der Waals surface area (Å²) < 4.78 is 0. The number of unbranched alkanes of at least 4 members (excludes halogenated alkanes) is 8. The van der Waals surface area contributed by atoms with Gasteiger partial charge in [-0.3, -0.25) is 0 Å². The van der Waals surface area contributed by atoms with Gasteiger partial charge in [-0.1, -0.05) is 84.0 Å². The van der Waals surface area contributed by atoms with E-state index in [0.717, 1.165) is 18.8 Å². The van der Waals surface area contributed by atoms with Crippen LogP contribution in [0.2, 0.25) is 0 Å². The molecular weight excluding hydrogens is 248 g/mol. The third-order valence-corrected chi connectivity index (χ3v) is 4.26. The first kappa shape index (κ1) is 19.9. The van der Waals surface area contributed by atoms with E-state index in [0.29, 0.717) is 13.2 Å². The predicted molar refractivity (Wildman–Crippen MR) is 88.0 cm³/mol. The van der Waals surface area contributed by atoms with Crippen LogP contribution in [0.25, 0.3) is 0 Å². The van der Waals surface area contributed by atoms with Crippen molar-refractivity contribution in [3.63, 3.8) is 0 Å². The molecule has 122 valence electrons. The molecule has 0 aromatic heterocycles. The number of rotatable bonds is 16. The molecule has 0 radical (unpaired) electrons. The first-order valence-electron chi connectivity index (χ1n) is 9.06. The third-order valence-electron chi connectivity index (χ3n) is 4.26. The van der Waals surface area contributed by atoms with Gasteiger partial charge in [-0.2, -0.15) is 0 Å². The van der Waals surface area contributed by atoms with Crippen LogP contribution in [0.5, 0.6) is 0 Å². The normalized spacial score (nSPS) is 12.8. The van der Waals surface area contributed by atoms with Crippen LogP contribution in [0.3, 0.4) is 0 Å². The maximum atomic E-state index is 8.90. The van der Waals surface area contributed by atoms with Gasteiger partial charge in [0.1, 0.15) is 0 Å². The molecule has 0 aromatic carbocycles. The molecule has 0 saturated carbocycles. The fourth-order valence-corrected chi connectivity index (χ4v) is 2.91. The maximum Gasteiger partial charge on any atom is 0.0431 e. The van der Waals surface area contributed by atoms with Crippen LogP contribution in [0.15, 0.2) is 0 Å². The molecule has 0 heterocycles. The number of aliphatic hydroxyl groups excluding tert-OH is 2. The second-order valence-corrected chi connectivity index (χ2v) is 6.21. The van der Waals surface area contributed by atoms with Crippen LogP contribution in [-0.4, -0.2) is 23.4 Å². The van der Waals surface area contributed by atoms with Crippen molar-refractivity contribution < 1.29 is 10.2 Å². The van der Waals surface area contributed by atoms with Gasteiger partial charge in [0.2, 0.25) is 0 Å². The zero-order valence-corrected chi connectivity index (χ0v) is 13.8. The molecule has 0 aliphatic heterocycles. The Balaban J connectivity index is 3.62. The molecule has 0 aliphatic carbocycles. The van der Waals surface area contributed by atoms with Gasteiger partial charge in [0.25, 0.3) is 0 Å². The highest BCUT2D eigenvalue weighted by molar-refractivity contribution is 4.61. The van der Waals surface area contributed by atoms with Crippen LogP contribution in [0.4, 0.5) is 0 Å². The van der Waals surface area contributed by atoms with Crippen molar-refractivity contribution in [3.05, 3.63) is 0 Å². The Morgan fingerprint density at radius 3 is 1.50 bits per heavy atom. The summed E-state index contributed by atoms with van der Waals surface area (Å²) >= 11 is 0. The Kier molecular flexibility index (Phi) is 16.9. The van der Waals surface area contributed by atoms with Crippen molar-refractivity contribution in [2.45, 2.75) is 96.8 Å². The molecular formula is C18H38O2. The third kappa shape index (κ3) is 14.3. The molecule has 0 fully saturated rings. The van der Waals surface area contributed by atoms with Crippen LogP contribution in [0.1, 0.15) is 96.8 Å². The van der Waals surface area contributed by atoms with Gasteiger partial charge in [-0.15, -0.1) is 0 Å². The highest BCUT2D eigenvalue weighted by Crippen LogP contribution is 2.23. The zero-order chi connectivity index (χ0) is 14.9. The van der Waals surface area contributed by atoms with Gasteiger partial charge in [0, 0.05) is 13.2 Å². The van der Waals surface area contributed by atoms with Crippen molar-refractivity contribution in [1.82, 2.24) is 0 Å². The highest BCUT2D eigenvalue weighted by atomic mass is 16.3. The fourth-order valence-electron chi connectivity index (χ4n) is 2.91. The molecule has 2 heteroatoms. The van der Waals surface area contributed by atoms with Gasteiger partial charge in [0.05, 0.1) is 0 Å². The number of hydrogen-bond acceptors (Lipinski definition) is 2. The minimum Gasteiger partial charge on any atom is -0.396 e. The van der Waals surface area contributed by atoms with E-state index in [1.54, 1.807) is 0 Å². The maximum absolute atomic E-state index is 8.90. The Labute approximate surface area is 127 Å². The van der Waals surface area contributed by atoms with E-state index in [1.165, 1.54) is 77.0 Å². The Morgan fingerprint density at radius 2 is 0.950 bits per heavy atom. The second kappa shape index (κ2) is 17.0. The summed E-state index contributed by atoms with van der Waals surface area (Å²) in [5, 5.41) is 17.7. The average Bonchev–Trinajstić information content (AvgIpc) is 2.46. The lowest BCUT2D eigenvalue weighted by molar-refractivity contribution is 0.271. The van der Waals surface area contributed by atoms with Crippen molar-refractivity contribution >= 4 is 0 Å². The van der Waals surface area contributed by atoms with Crippen LogP contribution in [0, 0.1) is 5.92 Å². The van der Waals surface area contributed by atoms with Gasteiger partial charge in [-0.25, -0.2) is 0 Å². The second-order valence-electron chi connectivity index (χ2n) is 6.21. The van der Waals surface area contributed by atoms with Crippen molar-refractivity contribution in [2.75, 3.05) is 13.2 Å². The largest absolute Gasteiger partial charge is 0.396 e. The number of aliphatic hydroxyl groups is 2. The molecule has 2 N–H and O–H groups in total. The molecule has 20 heavy (non-hydrogen) atoms. The first-order valence-corrected chi connectivity index (χ1v) is 9.06. The monoisotopic (exact) mass is 286 g/mol. The fraction of sp³-hybridized carbons (Fsp3) is 1.00. The Hall–Kier alpha value is -0.0800. The molecule has 0 amide bonds. The lowest BCUT2D eigenvalue weighted by atomic mass is 9.90. The summed E-state index contributed by atoms with van der Waals surface area (Å²) in [6, 6.07) is 0. The quantitative estimate of drug-likeness (QED) is 0.389. The van der Waals surface area contributed by atoms with E-state index in [-0.39, 0.29) is 0 Å². The summed E-state index contributed by atoms with van der Waals surface area (Å²) in [7, 11) is 0. The minimum atomic E-state index is 0.348. The van der Waals surface area contributed by atoms with Gasteiger partial charge < -0.3 is 10.2 Å².